The van der Waals surface area contributed by atoms with Crippen molar-refractivity contribution in [3.63, 3.8) is 0 Å². The van der Waals surface area contributed by atoms with Gasteiger partial charge in [0, 0.05) is 34.5 Å². The van der Waals surface area contributed by atoms with Crippen molar-refractivity contribution < 1.29 is 19.5 Å². The van der Waals surface area contributed by atoms with E-state index in [-0.39, 0.29) is 63.4 Å². The molecule has 32 heavy (non-hydrogen) atoms. The van der Waals surface area contributed by atoms with Gasteiger partial charge in [-0.15, -0.1) is 0 Å². The molecule has 2 N–H and O–H groups in total. The van der Waals surface area contributed by atoms with E-state index in [4.69, 9.17) is 22.2 Å². The lowest BCUT2D eigenvalue weighted by atomic mass is 9.42. The first-order valence-corrected chi connectivity index (χ1v) is 13.0. The van der Waals surface area contributed by atoms with E-state index in [9.17, 15) is 9.90 Å². The Bertz CT molecular complexity index is 833. The van der Waals surface area contributed by atoms with E-state index in [1.807, 2.05) is 0 Å². The number of oxime groups is 1. The smallest absolute Gasteiger partial charge is 0.223 e. The Labute approximate surface area is 197 Å². The molecule has 5 aliphatic rings. The first-order chi connectivity index (χ1) is 15.0. The summed E-state index contributed by atoms with van der Waals surface area (Å²) in [6.07, 6.45) is 3.89. The van der Waals surface area contributed by atoms with Gasteiger partial charge in [0.1, 0.15) is 7.11 Å². The number of rotatable bonds is 1. The molecule has 11 atom stereocenters. The molecule has 0 radical (unpaired) electrons. The van der Waals surface area contributed by atoms with E-state index in [1.54, 1.807) is 7.11 Å². The van der Waals surface area contributed by atoms with Gasteiger partial charge in [-0.3, -0.25) is 4.79 Å². The summed E-state index contributed by atoms with van der Waals surface area (Å²) in [7, 11) is 1.61. The van der Waals surface area contributed by atoms with Gasteiger partial charge in [-0.25, -0.2) is 0 Å². The molecule has 5 rings (SSSR count). The van der Waals surface area contributed by atoms with Crippen LogP contribution in [-0.4, -0.2) is 52.9 Å². The van der Waals surface area contributed by atoms with Crippen LogP contribution in [0.5, 0.6) is 0 Å². The molecule has 6 nitrogen and oxygen atoms in total. The zero-order chi connectivity index (χ0) is 23.2. The number of carbonyl (C=O) groups excluding carboxylic acids is 1. The van der Waals surface area contributed by atoms with E-state index >= 15 is 0 Å². The van der Waals surface area contributed by atoms with Gasteiger partial charge in [0.25, 0.3) is 0 Å². The third-order valence-electron chi connectivity index (χ3n) is 10.6. The highest BCUT2D eigenvalue weighted by Gasteiger charge is 2.71. The molecule has 2 saturated heterocycles. The largest absolute Gasteiger partial charge is 0.399 e. The van der Waals surface area contributed by atoms with Crippen LogP contribution in [0.25, 0.3) is 0 Å². The molecule has 5 fully saturated rings. The first kappa shape index (κ1) is 23.0. The zero-order valence-electron chi connectivity index (χ0n) is 20.3. The van der Waals surface area contributed by atoms with Gasteiger partial charge in [0.15, 0.2) is 0 Å². The van der Waals surface area contributed by atoms with E-state index < -0.39 is 6.10 Å². The van der Waals surface area contributed by atoms with Crippen LogP contribution in [0.3, 0.4) is 0 Å². The monoisotopic (exact) mass is 464 g/mol. The van der Waals surface area contributed by atoms with Crippen molar-refractivity contribution in [3.05, 3.63) is 0 Å². The van der Waals surface area contributed by atoms with Crippen LogP contribution in [0, 0.1) is 40.4 Å². The Morgan fingerprint density at radius 3 is 2.62 bits per heavy atom. The van der Waals surface area contributed by atoms with E-state index in [1.165, 1.54) is 0 Å². The maximum Gasteiger partial charge on any atom is 0.223 e. The normalized spacial score (nSPS) is 55.3. The quantitative estimate of drug-likeness (QED) is 0.410. The highest BCUT2D eigenvalue weighted by atomic mass is 32.1. The topological polar surface area (TPSA) is 80.2 Å². The summed E-state index contributed by atoms with van der Waals surface area (Å²) in [6.45, 7) is 11.4. The van der Waals surface area contributed by atoms with Crippen LogP contribution in [0.15, 0.2) is 5.16 Å². The summed E-state index contributed by atoms with van der Waals surface area (Å²) in [5, 5.41) is 18.7. The molecule has 0 aromatic rings. The van der Waals surface area contributed by atoms with Crippen LogP contribution in [0.4, 0.5) is 0 Å². The van der Waals surface area contributed by atoms with Gasteiger partial charge in [0.05, 0.1) is 23.5 Å². The summed E-state index contributed by atoms with van der Waals surface area (Å²) < 4.78 is 7.40. The molecule has 1 amide bonds. The molecule has 180 valence electrons. The van der Waals surface area contributed by atoms with Crippen molar-refractivity contribution in [3.8, 4) is 0 Å². The third-order valence-corrected chi connectivity index (χ3v) is 11.0. The third kappa shape index (κ3) is 2.79. The predicted molar refractivity (Wildman–Crippen MR) is 127 cm³/mol. The predicted octanol–water partition coefficient (Wildman–Crippen LogP) is 3.43. The fourth-order valence-electron chi connectivity index (χ4n) is 8.83. The van der Waals surface area contributed by atoms with E-state index in [0.29, 0.717) is 12.3 Å². The van der Waals surface area contributed by atoms with Crippen molar-refractivity contribution >= 4 is 24.2 Å². The number of thiol groups is 1. The molecule has 3 aliphatic carbocycles. The van der Waals surface area contributed by atoms with Crippen LogP contribution < -0.4 is 5.32 Å². The zero-order valence-corrected chi connectivity index (χ0v) is 21.2. The molecule has 1 spiro atoms. The lowest BCUT2D eigenvalue weighted by molar-refractivity contribution is -0.319. The number of ether oxygens (including phenoxy) is 1. The molecular weight excluding hydrogens is 424 g/mol. The Morgan fingerprint density at radius 2 is 1.94 bits per heavy atom. The van der Waals surface area contributed by atoms with E-state index in [2.05, 4.69) is 45.1 Å². The summed E-state index contributed by atoms with van der Waals surface area (Å²) in [5.74, 6) is 0.876. The summed E-state index contributed by atoms with van der Waals surface area (Å²) in [4.78, 5) is 17.9. The van der Waals surface area contributed by atoms with Crippen molar-refractivity contribution in [2.45, 2.75) is 95.8 Å². The Morgan fingerprint density at radius 1 is 1.22 bits per heavy atom. The number of nitrogens with one attached hydrogen (secondary N) is 1. The maximum atomic E-state index is 12.7. The highest BCUT2D eigenvalue weighted by molar-refractivity contribution is 7.81. The summed E-state index contributed by atoms with van der Waals surface area (Å²) in [5.41, 5.74) is 0.369. The minimum Gasteiger partial charge on any atom is -0.399 e. The maximum absolute atomic E-state index is 12.7. The number of nitrogens with zero attached hydrogens (tertiary/aromatic N) is 1. The Hall–Kier alpha value is -0.790. The van der Waals surface area contributed by atoms with Crippen LogP contribution in [-0.2, 0) is 14.4 Å². The fourth-order valence-corrected chi connectivity index (χ4v) is 9.48. The van der Waals surface area contributed by atoms with Gasteiger partial charge >= 0.3 is 0 Å². The van der Waals surface area contributed by atoms with Gasteiger partial charge in [-0.1, -0.05) is 32.9 Å². The van der Waals surface area contributed by atoms with Crippen molar-refractivity contribution in [1.29, 1.82) is 0 Å². The number of hydrogen-bond acceptors (Lipinski definition) is 6. The number of aliphatic hydroxyl groups excluding tert-OH is 1. The van der Waals surface area contributed by atoms with Gasteiger partial charge in [-0.05, 0) is 56.3 Å². The second kappa shape index (κ2) is 7.35. The van der Waals surface area contributed by atoms with Gasteiger partial charge in [-0.2, -0.15) is 12.6 Å². The highest BCUT2D eigenvalue weighted by Crippen LogP contribution is 2.68. The van der Waals surface area contributed by atoms with Gasteiger partial charge < -0.3 is 20.0 Å². The molecular formula is C25H40N2O4S. The number of amides is 1. The molecule has 0 aromatic heterocycles. The summed E-state index contributed by atoms with van der Waals surface area (Å²) in [6, 6.07) is 0.0711. The number of carbonyl (C=O) groups is 1. The number of fused-ring (bicyclic) bond motifs is 3. The summed E-state index contributed by atoms with van der Waals surface area (Å²) >= 11 is 5.04. The lowest BCUT2D eigenvalue weighted by Gasteiger charge is -2.70. The minimum atomic E-state index is -0.493. The molecule has 2 aliphatic heterocycles. The minimum absolute atomic E-state index is 0.0487. The average Bonchev–Trinajstić information content (AvgIpc) is 2.98. The van der Waals surface area contributed by atoms with Crippen LogP contribution >= 0.6 is 12.6 Å². The standard InChI is InChI=1S/C25H40N2O4S/c1-12-7-8-18-23(3,4)21(27-30-6)17(32)11-25(18)24(12,5)10-15-16(28)9-14-19(20(15)31-25)13(2)26-22(14)29/h12-20,28,32H,7-11H2,1-6H3,(H,26,29). The fraction of sp³-hybridized carbons (Fsp3) is 0.920. The van der Waals surface area contributed by atoms with Crippen molar-refractivity contribution in [2.24, 2.45) is 45.6 Å². The molecule has 0 aromatic carbocycles. The van der Waals surface area contributed by atoms with Crippen LogP contribution in [0.2, 0.25) is 0 Å². The molecule has 2 heterocycles. The Balaban J connectivity index is 1.63. The second-order valence-corrected chi connectivity index (χ2v) is 12.8. The number of hydrogen-bond donors (Lipinski definition) is 3. The molecule has 11 unspecified atom stereocenters. The molecule has 3 saturated carbocycles. The Kier molecular flexibility index (Phi) is 5.28. The molecule has 7 heteroatoms. The van der Waals surface area contributed by atoms with Crippen molar-refractivity contribution in [2.75, 3.05) is 7.11 Å². The van der Waals surface area contributed by atoms with Gasteiger partial charge in [0.2, 0.25) is 5.91 Å². The van der Waals surface area contributed by atoms with Crippen LogP contribution in [0.1, 0.15) is 66.7 Å². The van der Waals surface area contributed by atoms with E-state index in [0.717, 1.165) is 31.4 Å². The number of aliphatic hydroxyl groups is 1. The van der Waals surface area contributed by atoms with Crippen molar-refractivity contribution in [1.82, 2.24) is 5.32 Å². The second-order valence-electron chi connectivity index (χ2n) is 12.2. The first-order valence-electron chi connectivity index (χ1n) is 12.4. The lowest BCUT2D eigenvalue weighted by Crippen LogP contribution is -2.74. The molecule has 0 bridgehead atoms. The average molecular weight is 465 g/mol. The SMILES string of the molecule is CON=C1C(S)CC23OC4C(CC2(C)C(C)CCC3C1(C)C)C(O)CC1C(=O)NC(C)C14.